The molecule has 0 radical (unpaired) electrons. The van der Waals surface area contributed by atoms with Gasteiger partial charge in [0.25, 0.3) is 0 Å². The molecule has 0 bridgehead atoms. The molecule has 37 heavy (non-hydrogen) atoms. The average Bonchev–Trinajstić information content (AvgIpc) is 3.10. The third-order valence-corrected chi connectivity index (χ3v) is 7.00. The van der Waals surface area contributed by atoms with Crippen LogP contribution in [0.5, 0.6) is 0 Å². The van der Waals surface area contributed by atoms with E-state index in [9.17, 15) is 9.59 Å². The molecule has 4 rings (SSSR count). The second-order valence-electron chi connectivity index (χ2n) is 9.97. The molecular weight excluding hydrogens is 460 g/mol. The standard InChI is InChI=1S/C32H34N2O3/c1-24(35)33(26-15-6-4-7-16-26)22-13-11-18-29-32(2,3)31-27-17-10-9-14-25(27)20-21-28(31)34(29)23-12-5-8-19-30(36)37/h4,6-7,9-11,13-18,20-22H,5,8,12,19,23H2,1-3H3/p+1. The lowest BCUT2D eigenvalue weighted by Crippen LogP contribution is -2.28. The molecule has 190 valence electrons. The average molecular weight is 496 g/mol. The predicted molar refractivity (Wildman–Crippen MR) is 151 cm³/mol. The van der Waals surface area contributed by atoms with E-state index in [4.69, 9.17) is 5.11 Å². The number of carboxylic acids is 1. The van der Waals surface area contributed by atoms with Crippen LogP contribution in [0.4, 0.5) is 11.4 Å². The quantitative estimate of drug-likeness (QED) is 0.187. The van der Waals surface area contributed by atoms with E-state index in [1.807, 2.05) is 42.5 Å². The van der Waals surface area contributed by atoms with Crippen LogP contribution in [-0.4, -0.2) is 33.8 Å². The number of unbranched alkanes of at least 4 members (excludes halogenated alkanes) is 2. The fraction of sp³-hybridized carbons (Fsp3) is 0.281. The van der Waals surface area contributed by atoms with Crippen molar-refractivity contribution < 1.29 is 19.3 Å². The van der Waals surface area contributed by atoms with Gasteiger partial charge in [-0.15, -0.1) is 0 Å². The number of fused-ring (bicyclic) bond motifs is 3. The van der Waals surface area contributed by atoms with Gasteiger partial charge in [-0.25, -0.2) is 0 Å². The first kappa shape index (κ1) is 26.1. The van der Waals surface area contributed by atoms with Gasteiger partial charge in [0.1, 0.15) is 6.54 Å². The van der Waals surface area contributed by atoms with E-state index in [0.717, 1.165) is 25.1 Å². The van der Waals surface area contributed by atoms with Gasteiger partial charge in [-0.3, -0.25) is 14.5 Å². The largest absolute Gasteiger partial charge is 0.481 e. The van der Waals surface area contributed by atoms with Gasteiger partial charge in [0.05, 0.1) is 5.41 Å². The number of rotatable bonds is 10. The number of carboxylic acid groups (broad SMARTS) is 1. The number of hydrogen-bond donors (Lipinski definition) is 1. The summed E-state index contributed by atoms with van der Waals surface area (Å²) in [7, 11) is 0. The van der Waals surface area contributed by atoms with E-state index < -0.39 is 5.97 Å². The summed E-state index contributed by atoms with van der Waals surface area (Å²) in [6.45, 7) is 6.90. The summed E-state index contributed by atoms with van der Waals surface area (Å²) < 4.78 is 2.38. The highest BCUT2D eigenvalue weighted by molar-refractivity contribution is 6.07. The summed E-state index contributed by atoms with van der Waals surface area (Å²) in [6, 6.07) is 22.5. The predicted octanol–water partition coefficient (Wildman–Crippen LogP) is 6.98. The van der Waals surface area contributed by atoms with Gasteiger partial charge < -0.3 is 5.11 Å². The fourth-order valence-electron chi connectivity index (χ4n) is 5.24. The molecule has 1 aliphatic heterocycles. The van der Waals surface area contributed by atoms with Crippen LogP contribution in [0.15, 0.2) is 91.2 Å². The zero-order valence-electron chi connectivity index (χ0n) is 21.9. The van der Waals surface area contributed by atoms with E-state index in [0.29, 0.717) is 6.42 Å². The summed E-state index contributed by atoms with van der Waals surface area (Å²) in [4.78, 5) is 24.8. The number of anilines is 1. The van der Waals surface area contributed by atoms with Gasteiger partial charge in [-0.2, -0.15) is 4.58 Å². The molecule has 0 unspecified atom stereocenters. The van der Waals surface area contributed by atoms with E-state index in [2.05, 4.69) is 60.9 Å². The summed E-state index contributed by atoms with van der Waals surface area (Å²) >= 11 is 0. The molecule has 1 heterocycles. The lowest BCUT2D eigenvalue weighted by Gasteiger charge is -2.17. The third kappa shape index (κ3) is 5.72. The highest BCUT2D eigenvalue weighted by Crippen LogP contribution is 2.44. The summed E-state index contributed by atoms with van der Waals surface area (Å²) in [5.41, 5.74) is 4.32. The Labute approximate surface area is 219 Å². The Morgan fingerprint density at radius 3 is 2.38 bits per heavy atom. The Balaban J connectivity index is 1.66. The van der Waals surface area contributed by atoms with Crippen LogP contribution in [0.3, 0.4) is 0 Å². The highest BCUT2D eigenvalue weighted by atomic mass is 16.4. The molecule has 1 N–H and O–H groups in total. The van der Waals surface area contributed by atoms with E-state index in [1.165, 1.54) is 27.7 Å². The minimum Gasteiger partial charge on any atom is -0.481 e. The molecular formula is C32H35N2O3+. The maximum atomic E-state index is 12.2. The lowest BCUT2D eigenvalue weighted by molar-refractivity contribution is -0.438. The number of nitrogens with zero attached hydrogens (tertiary/aromatic N) is 2. The second kappa shape index (κ2) is 11.4. The Morgan fingerprint density at radius 1 is 0.919 bits per heavy atom. The number of hydrogen-bond acceptors (Lipinski definition) is 2. The number of para-hydroxylation sites is 1. The van der Waals surface area contributed by atoms with Gasteiger partial charge in [0.15, 0.2) is 5.71 Å². The highest BCUT2D eigenvalue weighted by Gasteiger charge is 2.45. The number of carbonyl (C=O) groups excluding carboxylic acids is 1. The minimum absolute atomic E-state index is 0.0495. The molecule has 0 fully saturated rings. The first-order valence-electron chi connectivity index (χ1n) is 12.9. The Morgan fingerprint density at radius 2 is 1.65 bits per heavy atom. The zero-order valence-corrected chi connectivity index (χ0v) is 21.9. The topological polar surface area (TPSA) is 60.6 Å². The number of aliphatic carboxylic acids is 1. The van der Waals surface area contributed by atoms with Crippen LogP contribution in [0, 0.1) is 0 Å². The molecule has 0 saturated carbocycles. The third-order valence-electron chi connectivity index (χ3n) is 7.00. The van der Waals surface area contributed by atoms with E-state index in [1.54, 1.807) is 18.0 Å². The molecule has 0 aromatic heterocycles. The van der Waals surface area contributed by atoms with Crippen molar-refractivity contribution in [2.75, 3.05) is 11.4 Å². The molecule has 0 atom stereocenters. The monoisotopic (exact) mass is 495 g/mol. The fourth-order valence-corrected chi connectivity index (χ4v) is 5.24. The Hall–Kier alpha value is -3.99. The van der Waals surface area contributed by atoms with Crippen molar-refractivity contribution in [1.82, 2.24) is 0 Å². The van der Waals surface area contributed by atoms with Crippen molar-refractivity contribution in [1.29, 1.82) is 0 Å². The molecule has 5 nitrogen and oxygen atoms in total. The Bertz CT molecular complexity index is 1380. The number of amides is 1. The maximum Gasteiger partial charge on any atom is 0.303 e. The Kier molecular flexibility index (Phi) is 8.02. The van der Waals surface area contributed by atoms with Crippen molar-refractivity contribution in [3.63, 3.8) is 0 Å². The van der Waals surface area contributed by atoms with Crippen molar-refractivity contribution in [3.05, 3.63) is 96.7 Å². The minimum atomic E-state index is -0.740. The first-order valence-corrected chi connectivity index (χ1v) is 12.9. The van der Waals surface area contributed by atoms with Crippen LogP contribution in [0.25, 0.3) is 10.8 Å². The van der Waals surface area contributed by atoms with Crippen LogP contribution in [0.2, 0.25) is 0 Å². The molecule has 3 aromatic carbocycles. The first-order chi connectivity index (χ1) is 17.8. The van der Waals surface area contributed by atoms with Crippen LogP contribution in [0.1, 0.15) is 52.0 Å². The van der Waals surface area contributed by atoms with Crippen LogP contribution in [-0.2, 0) is 15.0 Å². The van der Waals surface area contributed by atoms with Gasteiger partial charge >= 0.3 is 5.97 Å². The number of allylic oxidation sites excluding steroid dienone is 3. The summed E-state index contributed by atoms with van der Waals surface area (Å²) in [6.07, 6.45) is 10.5. The molecule has 0 aliphatic carbocycles. The smallest absolute Gasteiger partial charge is 0.303 e. The van der Waals surface area contributed by atoms with Crippen molar-refractivity contribution in [3.8, 4) is 0 Å². The molecule has 5 heteroatoms. The van der Waals surface area contributed by atoms with Gasteiger partial charge in [0, 0.05) is 49.4 Å². The van der Waals surface area contributed by atoms with Crippen LogP contribution >= 0.6 is 0 Å². The number of carbonyl (C=O) groups is 2. The van der Waals surface area contributed by atoms with E-state index in [-0.39, 0.29) is 17.7 Å². The summed E-state index contributed by atoms with van der Waals surface area (Å²) in [5.74, 6) is -0.789. The molecule has 3 aromatic rings. The maximum absolute atomic E-state index is 12.2. The van der Waals surface area contributed by atoms with Gasteiger partial charge in [-0.1, -0.05) is 48.5 Å². The van der Waals surface area contributed by atoms with Crippen molar-refractivity contribution in [2.45, 2.75) is 51.9 Å². The molecule has 1 aliphatic rings. The van der Waals surface area contributed by atoms with Gasteiger partial charge in [-0.05, 0) is 61.7 Å². The van der Waals surface area contributed by atoms with E-state index >= 15 is 0 Å². The SMILES string of the molecule is CC(=O)N(C=CC=CC1=[N+](CCCCCC(=O)O)c2ccc3ccccc3c2C1(C)C)c1ccccc1. The normalized spacial score (nSPS) is 14.6. The van der Waals surface area contributed by atoms with Crippen molar-refractivity contribution in [2.24, 2.45) is 0 Å². The van der Waals surface area contributed by atoms with Crippen LogP contribution < -0.4 is 4.90 Å². The number of benzene rings is 3. The summed E-state index contributed by atoms with van der Waals surface area (Å²) in [5, 5.41) is 11.5. The molecule has 1 amide bonds. The molecule has 0 spiro atoms. The second-order valence-corrected chi connectivity index (χ2v) is 9.97. The molecule has 0 saturated heterocycles. The lowest BCUT2D eigenvalue weighted by atomic mass is 9.79. The van der Waals surface area contributed by atoms with Gasteiger partial charge in [0.2, 0.25) is 11.6 Å². The van der Waals surface area contributed by atoms with Crippen molar-refractivity contribution >= 4 is 39.7 Å². The zero-order chi connectivity index (χ0) is 26.4.